The zero-order valence-corrected chi connectivity index (χ0v) is 18.5. The number of nitro groups is 1. The summed E-state index contributed by atoms with van der Waals surface area (Å²) in [6.45, 7) is 5.47. The Labute approximate surface area is 189 Å². The SMILES string of the molecule is C=C1NN(c2nc(-c3ccc(Br)cc3)cs2)C(=O)C1=NNc1ccc(C)c([N+](=O)[O-])c1. The quantitative estimate of drug-likeness (QED) is 0.391. The van der Waals surface area contributed by atoms with Crippen LogP contribution in [-0.4, -0.2) is 21.5 Å². The lowest BCUT2D eigenvalue weighted by Gasteiger charge is -2.10. The van der Waals surface area contributed by atoms with Gasteiger partial charge in [0, 0.05) is 27.0 Å². The summed E-state index contributed by atoms with van der Waals surface area (Å²) in [6, 6.07) is 12.3. The highest BCUT2D eigenvalue weighted by Crippen LogP contribution is 2.30. The van der Waals surface area contributed by atoms with Crippen LogP contribution in [0, 0.1) is 17.0 Å². The summed E-state index contributed by atoms with van der Waals surface area (Å²) in [6.07, 6.45) is 0. The number of benzene rings is 2. The number of hydrogen-bond donors (Lipinski definition) is 2. The number of halogens is 1. The zero-order valence-electron chi connectivity index (χ0n) is 16.1. The number of carbonyl (C=O) groups excluding carboxylic acids is 1. The van der Waals surface area contributed by atoms with Crippen LogP contribution in [0.1, 0.15) is 5.56 Å². The second-order valence-electron chi connectivity index (χ2n) is 6.58. The molecular formula is C20H15BrN6O3S. The summed E-state index contributed by atoms with van der Waals surface area (Å²) in [7, 11) is 0. The Kier molecular flexibility index (Phi) is 5.53. The van der Waals surface area contributed by atoms with Crippen molar-refractivity contribution in [3.05, 3.63) is 80.3 Å². The predicted molar refractivity (Wildman–Crippen MR) is 124 cm³/mol. The van der Waals surface area contributed by atoms with Crippen molar-refractivity contribution >= 4 is 55.4 Å². The van der Waals surface area contributed by atoms with Crippen molar-refractivity contribution < 1.29 is 9.72 Å². The average Bonchev–Trinajstić information content (AvgIpc) is 3.33. The molecule has 2 heterocycles. The number of amides is 1. The maximum Gasteiger partial charge on any atom is 0.301 e. The highest BCUT2D eigenvalue weighted by molar-refractivity contribution is 9.10. The third kappa shape index (κ3) is 4.18. The smallest absolute Gasteiger partial charge is 0.287 e. The Morgan fingerprint density at radius 2 is 2.03 bits per heavy atom. The Balaban J connectivity index is 1.53. The van der Waals surface area contributed by atoms with Gasteiger partial charge in [-0.15, -0.1) is 11.3 Å². The second kappa shape index (κ2) is 8.28. The van der Waals surface area contributed by atoms with Crippen molar-refractivity contribution in [2.45, 2.75) is 6.92 Å². The van der Waals surface area contributed by atoms with Crippen molar-refractivity contribution in [1.29, 1.82) is 0 Å². The molecule has 3 aromatic rings. The van der Waals surface area contributed by atoms with E-state index < -0.39 is 10.8 Å². The van der Waals surface area contributed by atoms with Crippen LogP contribution in [0.4, 0.5) is 16.5 Å². The van der Waals surface area contributed by atoms with E-state index >= 15 is 0 Å². The lowest BCUT2D eigenvalue weighted by atomic mass is 10.2. The Bertz CT molecular complexity index is 1240. The van der Waals surface area contributed by atoms with Crippen molar-refractivity contribution in [3.8, 4) is 11.3 Å². The molecule has 0 unspecified atom stereocenters. The van der Waals surface area contributed by atoms with Gasteiger partial charge in [-0.3, -0.25) is 25.8 Å². The van der Waals surface area contributed by atoms with E-state index in [1.807, 2.05) is 29.6 Å². The van der Waals surface area contributed by atoms with E-state index in [9.17, 15) is 14.9 Å². The van der Waals surface area contributed by atoms with Gasteiger partial charge < -0.3 is 0 Å². The minimum Gasteiger partial charge on any atom is -0.287 e. The number of rotatable bonds is 5. The molecule has 1 saturated heterocycles. The molecule has 1 aliphatic heterocycles. The summed E-state index contributed by atoms with van der Waals surface area (Å²) in [5.41, 5.74) is 8.45. The van der Waals surface area contributed by atoms with E-state index in [1.54, 1.807) is 19.1 Å². The van der Waals surface area contributed by atoms with Gasteiger partial charge in [0.25, 0.3) is 5.69 Å². The fraction of sp³-hybridized carbons (Fsp3) is 0.0500. The fourth-order valence-corrected chi connectivity index (χ4v) is 3.90. The van der Waals surface area contributed by atoms with Gasteiger partial charge in [-0.05, 0) is 25.1 Å². The van der Waals surface area contributed by atoms with E-state index in [0.29, 0.717) is 22.1 Å². The maximum absolute atomic E-state index is 12.8. The van der Waals surface area contributed by atoms with Crippen LogP contribution >= 0.6 is 27.3 Å². The summed E-state index contributed by atoms with van der Waals surface area (Å²) in [4.78, 5) is 28.0. The Morgan fingerprint density at radius 3 is 2.74 bits per heavy atom. The lowest BCUT2D eigenvalue weighted by molar-refractivity contribution is -0.385. The lowest BCUT2D eigenvalue weighted by Crippen LogP contribution is -2.34. The molecule has 1 aromatic heterocycles. The van der Waals surface area contributed by atoms with Crippen LogP contribution in [0.15, 0.2) is 69.7 Å². The van der Waals surface area contributed by atoms with Crippen molar-refractivity contribution in [3.63, 3.8) is 0 Å². The first-order valence-corrected chi connectivity index (χ1v) is 10.6. The molecule has 0 atom stereocenters. The van der Waals surface area contributed by atoms with E-state index in [0.717, 1.165) is 15.7 Å². The molecule has 1 fully saturated rings. The number of carbonyl (C=O) groups is 1. The monoisotopic (exact) mass is 498 g/mol. The number of hydrogen-bond acceptors (Lipinski definition) is 8. The molecule has 2 N–H and O–H groups in total. The van der Waals surface area contributed by atoms with Crippen molar-refractivity contribution in [2.75, 3.05) is 10.4 Å². The largest absolute Gasteiger partial charge is 0.301 e. The van der Waals surface area contributed by atoms with Crippen LogP contribution in [0.2, 0.25) is 0 Å². The molecule has 1 amide bonds. The first-order valence-electron chi connectivity index (χ1n) is 8.94. The third-order valence-corrected chi connectivity index (χ3v) is 5.82. The summed E-state index contributed by atoms with van der Waals surface area (Å²) in [5, 5.41) is 18.8. The molecule has 4 rings (SSSR count). The van der Waals surface area contributed by atoms with Gasteiger partial charge in [0.05, 0.1) is 22.0 Å². The molecule has 2 aromatic carbocycles. The molecule has 9 nitrogen and oxygen atoms in total. The zero-order chi connectivity index (χ0) is 22.1. The number of aryl methyl sites for hydroxylation is 1. The van der Waals surface area contributed by atoms with Gasteiger partial charge in [0.15, 0.2) is 5.71 Å². The highest BCUT2D eigenvalue weighted by atomic mass is 79.9. The number of anilines is 2. The van der Waals surface area contributed by atoms with Gasteiger partial charge in [-0.1, -0.05) is 40.7 Å². The van der Waals surface area contributed by atoms with E-state index in [-0.39, 0.29) is 11.4 Å². The van der Waals surface area contributed by atoms with Crippen molar-refractivity contribution in [2.24, 2.45) is 5.10 Å². The topological polar surface area (TPSA) is 113 Å². The maximum atomic E-state index is 12.8. The number of thiazole rings is 1. The van der Waals surface area contributed by atoms with Gasteiger partial charge >= 0.3 is 5.91 Å². The predicted octanol–water partition coefficient (Wildman–Crippen LogP) is 4.62. The molecule has 0 aliphatic carbocycles. The summed E-state index contributed by atoms with van der Waals surface area (Å²) in [5.74, 6) is -0.434. The van der Waals surface area contributed by atoms with Gasteiger partial charge in [0.2, 0.25) is 5.13 Å². The molecule has 0 bridgehead atoms. The first kappa shape index (κ1) is 20.7. The van der Waals surface area contributed by atoms with Gasteiger partial charge in [-0.2, -0.15) is 10.1 Å². The van der Waals surface area contributed by atoms with Crippen LogP contribution in [-0.2, 0) is 4.79 Å². The summed E-state index contributed by atoms with van der Waals surface area (Å²) >= 11 is 4.70. The number of nitrogens with zero attached hydrogens (tertiary/aromatic N) is 4. The van der Waals surface area contributed by atoms with Gasteiger partial charge in [-0.25, -0.2) is 4.98 Å². The normalized spacial score (nSPS) is 14.8. The fourth-order valence-electron chi connectivity index (χ4n) is 2.84. The van der Waals surface area contributed by atoms with Crippen molar-refractivity contribution in [1.82, 2.24) is 10.4 Å². The van der Waals surface area contributed by atoms with Crippen LogP contribution < -0.4 is 15.9 Å². The molecule has 0 radical (unpaired) electrons. The number of hydrazine groups is 1. The van der Waals surface area contributed by atoms with E-state index in [2.05, 4.69) is 43.4 Å². The third-order valence-electron chi connectivity index (χ3n) is 4.46. The van der Waals surface area contributed by atoms with E-state index in [4.69, 9.17) is 0 Å². The van der Waals surface area contributed by atoms with Crippen LogP contribution in [0.25, 0.3) is 11.3 Å². The number of hydrazone groups is 1. The molecule has 0 spiro atoms. The molecule has 1 aliphatic rings. The Morgan fingerprint density at radius 1 is 1.29 bits per heavy atom. The standard InChI is InChI=1S/C20H15BrN6O3S/c1-11-3-8-15(9-17(11)27(29)30)23-24-18-12(2)25-26(19(18)28)20-22-16(10-31-20)13-4-6-14(21)7-5-13/h3-10,23,25H,2H2,1H3. The number of nitrogens with one attached hydrogen (secondary N) is 2. The second-order valence-corrected chi connectivity index (χ2v) is 8.34. The van der Waals surface area contributed by atoms with E-state index in [1.165, 1.54) is 22.4 Å². The molecule has 0 saturated carbocycles. The van der Waals surface area contributed by atoms with Crippen LogP contribution in [0.3, 0.4) is 0 Å². The molecule has 31 heavy (non-hydrogen) atoms. The first-order chi connectivity index (χ1) is 14.8. The minimum absolute atomic E-state index is 0.0372. The molecule has 156 valence electrons. The Hall–Kier alpha value is -3.57. The molecule has 11 heteroatoms. The molecular weight excluding hydrogens is 484 g/mol. The van der Waals surface area contributed by atoms with Crippen LogP contribution in [0.5, 0.6) is 0 Å². The average molecular weight is 499 g/mol. The highest BCUT2D eigenvalue weighted by Gasteiger charge is 2.34. The minimum atomic E-state index is -0.470. The number of aromatic nitrogens is 1. The number of nitro benzene ring substituents is 1. The summed E-state index contributed by atoms with van der Waals surface area (Å²) < 4.78 is 0.964. The van der Waals surface area contributed by atoms with Gasteiger partial charge in [0.1, 0.15) is 0 Å².